The van der Waals surface area contributed by atoms with E-state index in [1.807, 2.05) is 4.72 Å². The molecule has 6 nitrogen and oxygen atoms in total. The lowest BCUT2D eigenvalue weighted by Gasteiger charge is -2.10. The van der Waals surface area contributed by atoms with Crippen LogP contribution in [0.15, 0.2) is 48.8 Å². The molecule has 0 aliphatic heterocycles. The summed E-state index contributed by atoms with van der Waals surface area (Å²) in [5.41, 5.74) is 0.127. The number of carbonyl (C=O) groups excluding carboxylic acids is 1. The van der Waals surface area contributed by atoms with Crippen LogP contribution in [0.4, 0.5) is 0 Å². The van der Waals surface area contributed by atoms with E-state index in [-0.39, 0.29) is 11.3 Å². The molecule has 104 valence electrons. The van der Waals surface area contributed by atoms with Gasteiger partial charge in [0.2, 0.25) is 10.0 Å². The van der Waals surface area contributed by atoms with Gasteiger partial charge in [-0.3, -0.25) is 9.78 Å². The van der Waals surface area contributed by atoms with Gasteiger partial charge in [0, 0.05) is 6.20 Å². The highest BCUT2D eigenvalue weighted by atomic mass is 32.2. The van der Waals surface area contributed by atoms with Crippen molar-refractivity contribution in [2.75, 3.05) is 6.26 Å². The molecule has 7 heteroatoms. The number of nitrogens with zero attached hydrogens (tertiary/aromatic N) is 1. The Morgan fingerprint density at radius 3 is 2.60 bits per heavy atom. The summed E-state index contributed by atoms with van der Waals surface area (Å²) in [5, 5.41) is 0. The van der Waals surface area contributed by atoms with E-state index in [9.17, 15) is 13.2 Å². The monoisotopic (exact) mass is 292 g/mol. The third-order valence-electron chi connectivity index (χ3n) is 2.27. The predicted octanol–water partition coefficient (Wildman–Crippen LogP) is 1.56. The van der Waals surface area contributed by atoms with E-state index in [4.69, 9.17) is 4.74 Å². The molecule has 0 unspecified atom stereocenters. The number of carbonyl (C=O) groups is 1. The van der Waals surface area contributed by atoms with Crippen LogP contribution in [-0.2, 0) is 10.0 Å². The van der Waals surface area contributed by atoms with Gasteiger partial charge >= 0.3 is 0 Å². The number of ether oxygens (including phenoxy) is 1. The maximum absolute atomic E-state index is 11.9. The minimum absolute atomic E-state index is 0.127. The molecule has 0 saturated carbocycles. The van der Waals surface area contributed by atoms with Crippen LogP contribution >= 0.6 is 0 Å². The number of para-hydroxylation sites is 1. The number of hydrogen-bond acceptors (Lipinski definition) is 5. The van der Waals surface area contributed by atoms with Crippen LogP contribution in [0.2, 0.25) is 0 Å². The van der Waals surface area contributed by atoms with Gasteiger partial charge in [-0.15, -0.1) is 0 Å². The molecule has 20 heavy (non-hydrogen) atoms. The molecule has 0 atom stereocenters. The van der Waals surface area contributed by atoms with Crippen LogP contribution < -0.4 is 9.46 Å². The zero-order chi connectivity index (χ0) is 14.6. The van der Waals surface area contributed by atoms with Gasteiger partial charge in [-0.05, 0) is 24.3 Å². The normalized spacial score (nSPS) is 10.8. The molecule has 2 rings (SSSR count). The molecule has 1 aromatic heterocycles. The number of benzene rings is 1. The molecule has 0 fully saturated rings. The summed E-state index contributed by atoms with van der Waals surface area (Å²) >= 11 is 0. The SMILES string of the molecule is CS(=O)(=O)NC(=O)c1ccccc1Oc1cccnc1. The third-order valence-corrected chi connectivity index (χ3v) is 2.83. The molecule has 0 aliphatic rings. The molecular formula is C13H12N2O4S. The highest BCUT2D eigenvalue weighted by Gasteiger charge is 2.16. The maximum Gasteiger partial charge on any atom is 0.268 e. The van der Waals surface area contributed by atoms with Crippen molar-refractivity contribution in [2.45, 2.75) is 0 Å². The van der Waals surface area contributed by atoms with Crippen molar-refractivity contribution in [1.82, 2.24) is 9.71 Å². The highest BCUT2D eigenvalue weighted by Crippen LogP contribution is 2.24. The average Bonchev–Trinajstić information content (AvgIpc) is 2.38. The van der Waals surface area contributed by atoms with Crippen LogP contribution in [0.1, 0.15) is 10.4 Å². The fourth-order valence-electron chi connectivity index (χ4n) is 1.50. The standard InChI is InChI=1S/C13H12N2O4S/c1-20(17,18)15-13(16)11-6-2-3-7-12(11)19-10-5-4-8-14-9-10/h2-9H,1H3,(H,15,16). The number of pyridine rings is 1. The van der Waals surface area contributed by atoms with Crippen molar-refractivity contribution < 1.29 is 17.9 Å². The Morgan fingerprint density at radius 1 is 1.20 bits per heavy atom. The Hall–Kier alpha value is -2.41. The van der Waals surface area contributed by atoms with Crippen LogP contribution in [0.25, 0.3) is 0 Å². The summed E-state index contributed by atoms with van der Waals surface area (Å²) in [6, 6.07) is 9.72. The molecule has 0 aliphatic carbocycles. The Balaban J connectivity index is 2.29. The van der Waals surface area contributed by atoms with Crippen molar-refractivity contribution in [1.29, 1.82) is 0 Å². The Kier molecular flexibility index (Phi) is 3.99. The van der Waals surface area contributed by atoms with E-state index in [1.54, 1.807) is 36.5 Å². The lowest BCUT2D eigenvalue weighted by molar-refractivity contribution is 0.0979. The average molecular weight is 292 g/mol. The molecular weight excluding hydrogens is 280 g/mol. The first-order chi connectivity index (χ1) is 9.46. The summed E-state index contributed by atoms with van der Waals surface area (Å²) in [5.74, 6) is -0.0410. The van der Waals surface area contributed by atoms with E-state index in [1.165, 1.54) is 12.3 Å². The molecule has 0 spiro atoms. The van der Waals surface area contributed by atoms with Crippen LogP contribution in [0, 0.1) is 0 Å². The van der Waals surface area contributed by atoms with Gasteiger partial charge in [0.15, 0.2) is 0 Å². The van der Waals surface area contributed by atoms with Gasteiger partial charge < -0.3 is 4.74 Å². The van der Waals surface area contributed by atoms with Gasteiger partial charge in [0.1, 0.15) is 11.5 Å². The van der Waals surface area contributed by atoms with Gasteiger partial charge in [0.05, 0.1) is 18.0 Å². The highest BCUT2D eigenvalue weighted by molar-refractivity contribution is 7.89. The number of aromatic nitrogens is 1. The first-order valence-corrected chi connectivity index (χ1v) is 7.54. The molecule has 1 amide bonds. The van der Waals surface area contributed by atoms with Gasteiger partial charge in [-0.1, -0.05) is 12.1 Å². The second-order valence-electron chi connectivity index (χ2n) is 3.99. The van der Waals surface area contributed by atoms with Crippen molar-refractivity contribution in [3.05, 3.63) is 54.4 Å². The summed E-state index contributed by atoms with van der Waals surface area (Å²) in [4.78, 5) is 15.8. The number of rotatable bonds is 4. The largest absolute Gasteiger partial charge is 0.455 e. The smallest absolute Gasteiger partial charge is 0.268 e. The zero-order valence-corrected chi connectivity index (χ0v) is 11.4. The second kappa shape index (κ2) is 5.70. The fourth-order valence-corrected chi connectivity index (χ4v) is 1.95. The first kappa shape index (κ1) is 14.0. The number of hydrogen-bond donors (Lipinski definition) is 1. The molecule has 1 aromatic carbocycles. The van der Waals surface area contributed by atoms with E-state index in [0.29, 0.717) is 5.75 Å². The van der Waals surface area contributed by atoms with Gasteiger partial charge in [-0.25, -0.2) is 13.1 Å². The van der Waals surface area contributed by atoms with Crippen molar-refractivity contribution in [2.24, 2.45) is 0 Å². The molecule has 0 saturated heterocycles. The molecule has 1 N–H and O–H groups in total. The molecule has 0 radical (unpaired) electrons. The van der Waals surface area contributed by atoms with E-state index in [2.05, 4.69) is 4.98 Å². The van der Waals surface area contributed by atoms with E-state index in [0.717, 1.165) is 6.26 Å². The Morgan fingerprint density at radius 2 is 1.95 bits per heavy atom. The summed E-state index contributed by atoms with van der Waals surface area (Å²) in [6.07, 6.45) is 4.00. The Labute approximate surface area is 116 Å². The molecule has 0 bridgehead atoms. The topological polar surface area (TPSA) is 85.4 Å². The third kappa shape index (κ3) is 3.79. The van der Waals surface area contributed by atoms with Crippen LogP contribution in [0.5, 0.6) is 11.5 Å². The zero-order valence-electron chi connectivity index (χ0n) is 10.6. The number of sulfonamides is 1. The quantitative estimate of drug-likeness (QED) is 0.924. The van der Waals surface area contributed by atoms with Crippen LogP contribution in [-0.4, -0.2) is 25.6 Å². The van der Waals surface area contributed by atoms with Gasteiger partial charge in [-0.2, -0.15) is 0 Å². The fraction of sp³-hybridized carbons (Fsp3) is 0.0769. The minimum atomic E-state index is -3.63. The minimum Gasteiger partial charge on any atom is -0.455 e. The first-order valence-electron chi connectivity index (χ1n) is 5.65. The molecule has 2 aromatic rings. The Bertz CT molecular complexity index is 714. The maximum atomic E-state index is 11.9. The molecule has 1 heterocycles. The summed E-state index contributed by atoms with van der Waals surface area (Å²) in [7, 11) is -3.63. The van der Waals surface area contributed by atoms with Crippen molar-refractivity contribution in [3.63, 3.8) is 0 Å². The van der Waals surface area contributed by atoms with Gasteiger partial charge in [0.25, 0.3) is 5.91 Å². The van der Waals surface area contributed by atoms with Crippen LogP contribution in [0.3, 0.4) is 0 Å². The number of nitrogens with one attached hydrogen (secondary N) is 1. The lowest BCUT2D eigenvalue weighted by Crippen LogP contribution is -2.29. The van der Waals surface area contributed by atoms with Crippen molar-refractivity contribution in [3.8, 4) is 11.5 Å². The lowest BCUT2D eigenvalue weighted by atomic mass is 10.2. The van der Waals surface area contributed by atoms with Crippen molar-refractivity contribution >= 4 is 15.9 Å². The summed E-state index contributed by atoms with van der Waals surface area (Å²) in [6.45, 7) is 0. The van der Waals surface area contributed by atoms with E-state index < -0.39 is 15.9 Å². The summed E-state index contributed by atoms with van der Waals surface area (Å²) < 4.78 is 29.6. The second-order valence-corrected chi connectivity index (χ2v) is 5.74. The predicted molar refractivity (Wildman–Crippen MR) is 73.1 cm³/mol. The van der Waals surface area contributed by atoms with E-state index >= 15 is 0 Å². The number of amides is 1.